The van der Waals surface area contributed by atoms with Gasteiger partial charge in [-0.1, -0.05) is 25.3 Å². The lowest BCUT2D eigenvalue weighted by molar-refractivity contribution is -0.118. The van der Waals surface area contributed by atoms with Gasteiger partial charge in [-0.25, -0.2) is 0 Å². The molecule has 2 aromatic rings. The molecule has 1 amide bonds. The molecule has 2 aliphatic rings. The van der Waals surface area contributed by atoms with E-state index in [0.29, 0.717) is 0 Å². The fourth-order valence-corrected chi connectivity index (χ4v) is 4.73. The van der Waals surface area contributed by atoms with E-state index in [0.717, 1.165) is 48.5 Å². The number of carbonyl (C=O) groups excluding carboxylic acids is 1. The number of ether oxygens (including phenoxy) is 1. The van der Waals surface area contributed by atoms with Crippen LogP contribution in [0.1, 0.15) is 44.9 Å². The van der Waals surface area contributed by atoms with Crippen LogP contribution in [0.25, 0.3) is 10.9 Å². The predicted octanol–water partition coefficient (Wildman–Crippen LogP) is 3.55. The van der Waals surface area contributed by atoms with Gasteiger partial charge in [-0.05, 0) is 49.8 Å². The Morgan fingerprint density at radius 1 is 1.07 bits per heavy atom. The molecule has 2 N–H and O–H groups in total. The third kappa shape index (κ3) is 4.46. The van der Waals surface area contributed by atoms with Crippen LogP contribution in [0.2, 0.25) is 0 Å². The van der Waals surface area contributed by atoms with E-state index >= 15 is 0 Å². The van der Waals surface area contributed by atoms with Crippen molar-refractivity contribution in [1.82, 2.24) is 9.47 Å². The van der Waals surface area contributed by atoms with Crippen LogP contribution in [0.4, 0.5) is 0 Å². The summed E-state index contributed by atoms with van der Waals surface area (Å²) in [5.74, 6) is 1.50. The number of nitrogens with two attached hydrogens (primary N) is 1. The van der Waals surface area contributed by atoms with Crippen molar-refractivity contribution in [3.05, 3.63) is 30.5 Å². The van der Waals surface area contributed by atoms with E-state index in [-0.39, 0.29) is 18.6 Å². The normalized spacial score (nSPS) is 20.1. The van der Waals surface area contributed by atoms with Crippen LogP contribution in [0.5, 0.6) is 5.75 Å². The zero-order valence-electron chi connectivity index (χ0n) is 16.1. The lowest BCUT2D eigenvalue weighted by Crippen LogP contribution is -2.40. The molecule has 0 bridgehead atoms. The first kappa shape index (κ1) is 18.4. The molecule has 2 fully saturated rings. The minimum absolute atomic E-state index is 0.201. The molecule has 1 aliphatic heterocycles. The molecule has 0 spiro atoms. The van der Waals surface area contributed by atoms with Gasteiger partial charge in [0, 0.05) is 31.2 Å². The maximum atomic E-state index is 11.3. The molecule has 4 rings (SSSR count). The molecule has 1 saturated carbocycles. The largest absolute Gasteiger partial charge is 0.490 e. The van der Waals surface area contributed by atoms with Gasteiger partial charge in [-0.15, -0.1) is 0 Å². The van der Waals surface area contributed by atoms with Crippen LogP contribution >= 0.6 is 0 Å². The quantitative estimate of drug-likeness (QED) is 0.847. The van der Waals surface area contributed by atoms with E-state index in [4.69, 9.17) is 10.5 Å². The first-order valence-electron chi connectivity index (χ1n) is 10.4. The highest BCUT2D eigenvalue weighted by Gasteiger charge is 2.24. The lowest BCUT2D eigenvalue weighted by Gasteiger charge is -2.35. The van der Waals surface area contributed by atoms with Gasteiger partial charge in [0.1, 0.15) is 18.4 Å². The summed E-state index contributed by atoms with van der Waals surface area (Å²) in [6, 6.07) is 8.06. The maximum Gasteiger partial charge on any atom is 0.237 e. The minimum Gasteiger partial charge on any atom is -0.490 e. The van der Waals surface area contributed by atoms with E-state index < -0.39 is 0 Å². The summed E-state index contributed by atoms with van der Waals surface area (Å²) >= 11 is 0. The van der Waals surface area contributed by atoms with Crippen molar-refractivity contribution >= 4 is 16.8 Å². The van der Waals surface area contributed by atoms with Crippen molar-refractivity contribution in [1.29, 1.82) is 0 Å². The molecular weight excluding hydrogens is 338 g/mol. The number of nitrogens with zero attached hydrogens (tertiary/aromatic N) is 2. The number of primary amides is 1. The fourth-order valence-electron chi connectivity index (χ4n) is 4.73. The summed E-state index contributed by atoms with van der Waals surface area (Å²) in [5.41, 5.74) is 6.35. The third-order valence-electron chi connectivity index (χ3n) is 6.17. The molecular formula is C22H31N3O2. The molecule has 1 saturated heterocycles. The van der Waals surface area contributed by atoms with Gasteiger partial charge in [0.15, 0.2) is 0 Å². The van der Waals surface area contributed by atoms with Crippen LogP contribution in [0.3, 0.4) is 0 Å². The Morgan fingerprint density at radius 2 is 1.85 bits per heavy atom. The monoisotopic (exact) mass is 369 g/mol. The Bertz CT molecular complexity index is 771. The molecule has 0 unspecified atom stereocenters. The van der Waals surface area contributed by atoms with Crippen molar-refractivity contribution in [2.75, 3.05) is 19.6 Å². The van der Waals surface area contributed by atoms with E-state index in [9.17, 15) is 4.79 Å². The molecule has 5 heteroatoms. The highest BCUT2D eigenvalue weighted by molar-refractivity contribution is 5.87. The Labute approximate surface area is 161 Å². The molecule has 0 atom stereocenters. The second-order valence-electron chi connectivity index (χ2n) is 8.22. The van der Waals surface area contributed by atoms with Crippen LogP contribution in [0.15, 0.2) is 30.5 Å². The number of likely N-dealkylation sites (tertiary alicyclic amines) is 1. The number of hydrogen-bond acceptors (Lipinski definition) is 3. The number of amides is 1. The Balaban J connectivity index is 1.35. The zero-order valence-corrected chi connectivity index (χ0v) is 16.1. The van der Waals surface area contributed by atoms with Gasteiger partial charge in [0.25, 0.3) is 0 Å². The summed E-state index contributed by atoms with van der Waals surface area (Å²) in [4.78, 5) is 13.9. The zero-order chi connectivity index (χ0) is 18.6. The predicted molar refractivity (Wildman–Crippen MR) is 108 cm³/mol. The van der Waals surface area contributed by atoms with E-state index in [2.05, 4.69) is 4.90 Å². The Kier molecular flexibility index (Phi) is 5.67. The molecule has 1 aliphatic carbocycles. The number of piperidine rings is 1. The maximum absolute atomic E-state index is 11.3. The molecule has 0 radical (unpaired) electrons. The Morgan fingerprint density at radius 3 is 2.59 bits per heavy atom. The van der Waals surface area contributed by atoms with Crippen LogP contribution in [-0.4, -0.2) is 41.1 Å². The van der Waals surface area contributed by atoms with E-state index in [1.807, 2.05) is 35.0 Å². The third-order valence-corrected chi connectivity index (χ3v) is 6.17. The van der Waals surface area contributed by atoms with Gasteiger partial charge < -0.3 is 19.9 Å². The number of hydrogen-bond donors (Lipinski definition) is 1. The molecule has 27 heavy (non-hydrogen) atoms. The average Bonchev–Trinajstić information content (AvgIpc) is 3.08. The fraction of sp³-hybridized carbons (Fsp3) is 0.591. The van der Waals surface area contributed by atoms with Gasteiger partial charge in [-0.3, -0.25) is 4.79 Å². The van der Waals surface area contributed by atoms with Crippen molar-refractivity contribution in [3.63, 3.8) is 0 Å². The smallest absolute Gasteiger partial charge is 0.237 e. The summed E-state index contributed by atoms with van der Waals surface area (Å²) in [6.45, 7) is 3.75. The summed E-state index contributed by atoms with van der Waals surface area (Å²) < 4.78 is 8.26. The van der Waals surface area contributed by atoms with Crippen LogP contribution < -0.4 is 10.5 Å². The van der Waals surface area contributed by atoms with Crippen molar-refractivity contribution in [2.45, 2.75) is 57.6 Å². The van der Waals surface area contributed by atoms with E-state index in [1.165, 1.54) is 38.6 Å². The highest BCUT2D eigenvalue weighted by atomic mass is 16.5. The second-order valence-corrected chi connectivity index (χ2v) is 8.22. The lowest BCUT2D eigenvalue weighted by atomic mass is 9.88. The standard InChI is InChI=1S/C22H31N3O2/c23-22(26)16-25-14-11-19-20(25)7-4-8-21(19)27-18-9-12-24(13-10-18)15-17-5-2-1-3-6-17/h4,7-8,11,14,17-18H,1-3,5-6,9-10,12-13,15-16H2,(H2,23,26). The van der Waals surface area contributed by atoms with Crippen molar-refractivity contribution in [2.24, 2.45) is 11.7 Å². The SMILES string of the molecule is NC(=O)Cn1ccc2c(OC3CCN(CC4CCCCC4)CC3)cccc21. The minimum atomic E-state index is -0.329. The number of rotatable bonds is 6. The van der Waals surface area contributed by atoms with Crippen molar-refractivity contribution < 1.29 is 9.53 Å². The number of benzene rings is 1. The summed E-state index contributed by atoms with van der Waals surface area (Å²) in [5, 5.41) is 1.06. The summed E-state index contributed by atoms with van der Waals surface area (Å²) in [6.07, 6.45) is 11.5. The molecule has 146 valence electrons. The highest BCUT2D eigenvalue weighted by Crippen LogP contribution is 2.30. The number of carbonyl (C=O) groups is 1. The van der Waals surface area contributed by atoms with Gasteiger partial charge in [0.2, 0.25) is 5.91 Å². The van der Waals surface area contributed by atoms with Gasteiger partial charge >= 0.3 is 0 Å². The number of aromatic nitrogens is 1. The topological polar surface area (TPSA) is 60.5 Å². The number of fused-ring (bicyclic) bond motifs is 1. The summed E-state index contributed by atoms with van der Waals surface area (Å²) in [7, 11) is 0. The second kappa shape index (κ2) is 8.34. The Hall–Kier alpha value is -2.01. The first-order valence-corrected chi connectivity index (χ1v) is 10.4. The van der Waals surface area contributed by atoms with E-state index in [1.54, 1.807) is 0 Å². The van der Waals surface area contributed by atoms with Crippen LogP contribution in [-0.2, 0) is 11.3 Å². The van der Waals surface area contributed by atoms with Gasteiger partial charge in [-0.2, -0.15) is 0 Å². The molecule has 5 nitrogen and oxygen atoms in total. The van der Waals surface area contributed by atoms with Crippen LogP contribution in [0, 0.1) is 5.92 Å². The van der Waals surface area contributed by atoms with Crippen molar-refractivity contribution in [3.8, 4) is 5.75 Å². The molecule has 1 aromatic heterocycles. The average molecular weight is 370 g/mol. The van der Waals surface area contributed by atoms with Gasteiger partial charge in [0.05, 0.1) is 5.52 Å². The molecule has 1 aromatic carbocycles. The first-order chi connectivity index (χ1) is 13.2. The molecule has 2 heterocycles.